The lowest BCUT2D eigenvalue weighted by Gasteiger charge is -2.07. The molecule has 1 aromatic rings. The van der Waals surface area contributed by atoms with E-state index in [1.54, 1.807) is 0 Å². The third-order valence-electron chi connectivity index (χ3n) is 2.19. The molecule has 0 N–H and O–H groups in total. The second-order valence-electron chi connectivity index (χ2n) is 3.21. The minimum absolute atomic E-state index is 0.736. The molecule has 0 nitrogen and oxygen atoms in total. The fraction of sp³-hybridized carbons (Fsp3) is 0.143. The first-order valence-corrected chi connectivity index (χ1v) is 5.35. The molecule has 0 aliphatic carbocycles. The third kappa shape index (κ3) is 2.84. The van der Waals surface area contributed by atoms with Crippen LogP contribution in [0.4, 0.5) is 0 Å². The van der Waals surface area contributed by atoms with Gasteiger partial charge in [0, 0.05) is 5.02 Å². The number of hydrogen-bond acceptors (Lipinski definition) is 0. The molecule has 1 aromatic carbocycles. The van der Waals surface area contributed by atoms with Gasteiger partial charge in [-0.15, -0.1) is 0 Å². The van der Waals surface area contributed by atoms with E-state index in [4.69, 9.17) is 11.6 Å². The van der Waals surface area contributed by atoms with Gasteiger partial charge in [-0.3, -0.25) is 0 Å². The third-order valence-corrected chi connectivity index (χ3v) is 2.43. The van der Waals surface area contributed by atoms with E-state index in [-0.39, 0.29) is 0 Å². The van der Waals surface area contributed by atoms with Crippen molar-refractivity contribution in [2.75, 3.05) is 0 Å². The first-order chi connectivity index (χ1) is 7.22. The molecule has 0 aliphatic rings. The highest BCUT2D eigenvalue weighted by Gasteiger charge is 2.03. The van der Waals surface area contributed by atoms with E-state index in [9.17, 15) is 0 Å². The van der Waals surface area contributed by atoms with Crippen molar-refractivity contribution in [1.29, 1.82) is 0 Å². The highest BCUT2D eigenvalue weighted by atomic mass is 35.5. The van der Waals surface area contributed by atoms with Crippen molar-refractivity contribution in [1.82, 2.24) is 0 Å². The average Bonchev–Trinajstić information content (AvgIpc) is 2.26. The topological polar surface area (TPSA) is 0 Å². The van der Waals surface area contributed by atoms with Crippen molar-refractivity contribution >= 4 is 23.3 Å². The molecule has 1 heteroatoms. The quantitative estimate of drug-likeness (QED) is 0.627. The van der Waals surface area contributed by atoms with Crippen LogP contribution in [-0.4, -0.2) is 0 Å². The van der Waals surface area contributed by atoms with Gasteiger partial charge in [-0.2, -0.15) is 0 Å². The van der Waals surface area contributed by atoms with Crippen LogP contribution in [0.1, 0.15) is 24.5 Å². The minimum atomic E-state index is 0.736. The van der Waals surface area contributed by atoms with E-state index in [1.807, 2.05) is 30.4 Å². The summed E-state index contributed by atoms with van der Waals surface area (Å²) in [6.07, 6.45) is 6.79. The van der Waals surface area contributed by atoms with E-state index in [2.05, 4.69) is 26.2 Å². The summed E-state index contributed by atoms with van der Waals surface area (Å²) in [6.45, 7) is 9.71. The normalized spacial score (nSPS) is 11.2. The molecule has 0 atom stereocenters. The average molecular weight is 219 g/mol. The van der Waals surface area contributed by atoms with E-state index in [0.717, 1.165) is 28.1 Å². The predicted octanol–water partition coefficient (Wildman–Crippen LogP) is 4.96. The molecule has 0 spiro atoms. The fourth-order valence-electron chi connectivity index (χ4n) is 1.48. The molecule has 0 heterocycles. The highest BCUT2D eigenvalue weighted by Crippen LogP contribution is 2.25. The number of rotatable bonds is 4. The summed E-state index contributed by atoms with van der Waals surface area (Å²) in [5.74, 6) is 0. The Kier molecular flexibility index (Phi) is 4.38. The summed E-state index contributed by atoms with van der Waals surface area (Å²) in [5.41, 5.74) is 3.28. The van der Waals surface area contributed by atoms with Gasteiger partial charge in [-0.1, -0.05) is 56.0 Å². The zero-order valence-corrected chi connectivity index (χ0v) is 9.72. The van der Waals surface area contributed by atoms with Crippen LogP contribution in [0.15, 0.2) is 43.5 Å². The molecule has 15 heavy (non-hydrogen) atoms. The molecular weight excluding hydrogens is 204 g/mol. The van der Waals surface area contributed by atoms with Gasteiger partial charge in [0.2, 0.25) is 0 Å². The van der Waals surface area contributed by atoms with Crippen molar-refractivity contribution in [2.45, 2.75) is 13.3 Å². The first-order valence-electron chi connectivity index (χ1n) is 4.97. The molecule has 0 aliphatic heterocycles. The molecule has 1 rings (SSSR count). The summed E-state index contributed by atoms with van der Waals surface area (Å²) in [6, 6.07) is 5.79. The molecule has 0 fully saturated rings. The molecular formula is C14H15Cl. The first kappa shape index (κ1) is 11.8. The van der Waals surface area contributed by atoms with Crippen LogP contribution in [0.2, 0.25) is 5.02 Å². The molecule has 0 radical (unpaired) electrons. The lowest BCUT2D eigenvalue weighted by Crippen LogP contribution is -1.86. The van der Waals surface area contributed by atoms with Crippen LogP contribution in [0, 0.1) is 0 Å². The number of allylic oxidation sites excluding steroid dienone is 3. The van der Waals surface area contributed by atoms with Crippen LogP contribution in [0.25, 0.3) is 11.6 Å². The lowest BCUT2D eigenvalue weighted by molar-refractivity contribution is 1.23. The second kappa shape index (κ2) is 5.57. The SMILES string of the molecule is C=C/C(=C\CC)c1cc(Cl)ccc1C=C. The maximum Gasteiger partial charge on any atom is 0.0412 e. The van der Waals surface area contributed by atoms with Crippen LogP contribution < -0.4 is 0 Å². The van der Waals surface area contributed by atoms with Gasteiger partial charge in [-0.05, 0) is 35.3 Å². The van der Waals surface area contributed by atoms with Crippen LogP contribution in [-0.2, 0) is 0 Å². The van der Waals surface area contributed by atoms with Crippen molar-refractivity contribution < 1.29 is 0 Å². The van der Waals surface area contributed by atoms with E-state index in [0.29, 0.717) is 0 Å². The monoisotopic (exact) mass is 218 g/mol. The Labute approximate surface area is 96.6 Å². The van der Waals surface area contributed by atoms with Gasteiger partial charge in [0.25, 0.3) is 0 Å². The van der Waals surface area contributed by atoms with Gasteiger partial charge < -0.3 is 0 Å². The summed E-state index contributed by atoms with van der Waals surface area (Å²) in [5, 5.41) is 0.736. The van der Waals surface area contributed by atoms with Gasteiger partial charge >= 0.3 is 0 Å². The number of halogens is 1. The summed E-state index contributed by atoms with van der Waals surface area (Å²) in [4.78, 5) is 0. The summed E-state index contributed by atoms with van der Waals surface area (Å²) >= 11 is 5.98. The van der Waals surface area contributed by atoms with E-state index in [1.165, 1.54) is 0 Å². The standard InChI is InChI=1S/C14H15Cl/c1-4-7-11(5-2)14-10-13(15)9-8-12(14)6-3/h5-10H,2-4H2,1H3/b11-7+. The zero-order chi connectivity index (χ0) is 11.3. The Hall–Kier alpha value is -1.27. The van der Waals surface area contributed by atoms with Crippen molar-refractivity contribution in [2.24, 2.45) is 0 Å². The van der Waals surface area contributed by atoms with Crippen LogP contribution >= 0.6 is 11.6 Å². The fourth-order valence-corrected chi connectivity index (χ4v) is 1.65. The smallest absolute Gasteiger partial charge is 0.0412 e. The molecule has 0 amide bonds. The molecule has 78 valence electrons. The van der Waals surface area contributed by atoms with Gasteiger partial charge in [0.15, 0.2) is 0 Å². The van der Waals surface area contributed by atoms with Crippen LogP contribution in [0.5, 0.6) is 0 Å². The maximum absolute atomic E-state index is 5.98. The molecule has 0 saturated heterocycles. The molecule has 0 unspecified atom stereocenters. The Balaban J connectivity index is 3.32. The highest BCUT2D eigenvalue weighted by molar-refractivity contribution is 6.30. The van der Waals surface area contributed by atoms with Crippen LogP contribution in [0.3, 0.4) is 0 Å². The van der Waals surface area contributed by atoms with E-state index >= 15 is 0 Å². The van der Waals surface area contributed by atoms with Gasteiger partial charge in [-0.25, -0.2) is 0 Å². The molecule has 0 bridgehead atoms. The molecule has 0 aromatic heterocycles. The Morgan fingerprint density at radius 1 is 1.40 bits per heavy atom. The summed E-state index contributed by atoms with van der Waals surface area (Å²) in [7, 11) is 0. The Morgan fingerprint density at radius 2 is 2.13 bits per heavy atom. The Bertz CT molecular complexity index is 400. The largest absolute Gasteiger partial charge is 0.0985 e. The van der Waals surface area contributed by atoms with Crippen molar-refractivity contribution in [3.05, 3.63) is 59.7 Å². The van der Waals surface area contributed by atoms with Gasteiger partial charge in [0.1, 0.15) is 0 Å². The predicted molar refractivity (Wildman–Crippen MR) is 70.0 cm³/mol. The number of hydrogen-bond donors (Lipinski definition) is 0. The lowest BCUT2D eigenvalue weighted by atomic mass is 9.99. The zero-order valence-electron chi connectivity index (χ0n) is 8.96. The maximum atomic E-state index is 5.98. The van der Waals surface area contributed by atoms with Gasteiger partial charge in [0.05, 0.1) is 0 Å². The molecule has 0 saturated carbocycles. The van der Waals surface area contributed by atoms with Crippen molar-refractivity contribution in [3.8, 4) is 0 Å². The van der Waals surface area contributed by atoms with Crippen molar-refractivity contribution in [3.63, 3.8) is 0 Å². The minimum Gasteiger partial charge on any atom is -0.0985 e. The number of benzene rings is 1. The summed E-state index contributed by atoms with van der Waals surface area (Å²) < 4.78 is 0. The van der Waals surface area contributed by atoms with E-state index < -0.39 is 0 Å². The Morgan fingerprint density at radius 3 is 2.67 bits per heavy atom. The second-order valence-corrected chi connectivity index (χ2v) is 3.64.